The molecule has 8 heteroatoms. The van der Waals surface area contributed by atoms with Gasteiger partial charge in [-0.15, -0.1) is 0 Å². The molecule has 7 nitrogen and oxygen atoms in total. The molecule has 1 atom stereocenters. The van der Waals surface area contributed by atoms with E-state index in [4.69, 9.17) is 4.74 Å². The Morgan fingerprint density at radius 1 is 1.25 bits per heavy atom. The number of carbonyl (C=O) groups excluding carboxylic acids is 3. The van der Waals surface area contributed by atoms with Gasteiger partial charge in [0.2, 0.25) is 5.91 Å². The number of ether oxygens (including phenoxy) is 1. The van der Waals surface area contributed by atoms with Crippen LogP contribution in [-0.4, -0.2) is 37.0 Å². The largest absolute Gasteiger partial charge is 0.452 e. The predicted molar refractivity (Wildman–Crippen MR) is 101 cm³/mol. The van der Waals surface area contributed by atoms with Crippen LogP contribution in [0.5, 0.6) is 0 Å². The molecule has 1 saturated heterocycles. The number of nitrogens with zero attached hydrogens (tertiary/aromatic N) is 1. The topological polar surface area (TPSA) is 87.7 Å². The summed E-state index contributed by atoms with van der Waals surface area (Å²) < 4.78 is 18.5. The molecule has 2 aromatic carbocycles. The molecule has 4 rings (SSSR count). The fourth-order valence-electron chi connectivity index (χ4n) is 3.52. The van der Waals surface area contributed by atoms with Gasteiger partial charge in [-0.25, -0.2) is 9.18 Å². The maximum Gasteiger partial charge on any atom is 0.338 e. The summed E-state index contributed by atoms with van der Waals surface area (Å²) in [6, 6.07) is 10.5. The lowest BCUT2D eigenvalue weighted by molar-refractivity contribution is -0.119. The monoisotopic (exact) mass is 383 g/mol. The van der Waals surface area contributed by atoms with Gasteiger partial charge in [-0.3, -0.25) is 9.59 Å². The van der Waals surface area contributed by atoms with Gasteiger partial charge in [0.1, 0.15) is 11.9 Å². The minimum absolute atomic E-state index is 0.0141. The molecule has 2 N–H and O–H groups in total. The van der Waals surface area contributed by atoms with Crippen LogP contribution < -0.4 is 15.5 Å². The summed E-state index contributed by atoms with van der Waals surface area (Å²) in [6.45, 7) is 0.246. The maximum absolute atomic E-state index is 13.5. The molecule has 0 aromatic heterocycles. The summed E-state index contributed by atoms with van der Waals surface area (Å²) in [5.41, 5.74) is 1.65. The Bertz CT molecular complexity index is 962. The SMILES string of the molecule is O=C(COC(=O)c1ccc2c(c1)NC(=O)[C@H]1CCCN21)Nc1ccccc1F. The van der Waals surface area contributed by atoms with Gasteiger partial charge < -0.3 is 20.3 Å². The average Bonchev–Trinajstić information content (AvgIpc) is 3.18. The molecule has 2 heterocycles. The normalized spacial score (nSPS) is 17.4. The number of carbonyl (C=O) groups is 3. The third kappa shape index (κ3) is 3.40. The van der Waals surface area contributed by atoms with Crippen LogP contribution in [0.15, 0.2) is 42.5 Å². The molecular weight excluding hydrogens is 365 g/mol. The second-order valence-electron chi connectivity index (χ2n) is 6.68. The highest BCUT2D eigenvalue weighted by Crippen LogP contribution is 2.37. The van der Waals surface area contributed by atoms with Crippen LogP contribution in [0.3, 0.4) is 0 Å². The molecule has 0 aliphatic carbocycles. The fraction of sp³-hybridized carbons (Fsp3) is 0.250. The first-order chi connectivity index (χ1) is 13.5. The van der Waals surface area contributed by atoms with Gasteiger partial charge in [0.25, 0.3) is 5.91 Å². The zero-order chi connectivity index (χ0) is 19.7. The first-order valence-corrected chi connectivity index (χ1v) is 8.96. The van der Waals surface area contributed by atoms with Crippen molar-refractivity contribution in [2.24, 2.45) is 0 Å². The molecule has 2 amide bonds. The van der Waals surface area contributed by atoms with Gasteiger partial charge in [-0.05, 0) is 43.2 Å². The van der Waals surface area contributed by atoms with Crippen LogP contribution in [0.2, 0.25) is 0 Å². The maximum atomic E-state index is 13.5. The Morgan fingerprint density at radius 3 is 2.89 bits per heavy atom. The third-order valence-electron chi connectivity index (χ3n) is 4.84. The van der Waals surface area contributed by atoms with E-state index in [2.05, 4.69) is 10.6 Å². The van der Waals surface area contributed by atoms with Gasteiger partial charge in [0.15, 0.2) is 6.61 Å². The Labute approximate surface area is 160 Å². The highest BCUT2D eigenvalue weighted by Gasteiger charge is 2.36. The van der Waals surface area contributed by atoms with Crippen LogP contribution in [0.25, 0.3) is 0 Å². The molecule has 2 aliphatic rings. The highest BCUT2D eigenvalue weighted by molar-refractivity contribution is 6.05. The van der Waals surface area contributed by atoms with E-state index in [1.807, 2.05) is 4.90 Å². The summed E-state index contributed by atoms with van der Waals surface area (Å²) in [5, 5.41) is 5.16. The van der Waals surface area contributed by atoms with E-state index < -0.39 is 24.3 Å². The summed E-state index contributed by atoms with van der Waals surface area (Å²) in [5.74, 6) is -2.01. The summed E-state index contributed by atoms with van der Waals surface area (Å²) >= 11 is 0. The van der Waals surface area contributed by atoms with E-state index >= 15 is 0 Å². The van der Waals surface area contributed by atoms with Crippen molar-refractivity contribution in [3.8, 4) is 0 Å². The molecule has 144 valence electrons. The van der Waals surface area contributed by atoms with Crippen molar-refractivity contribution in [1.82, 2.24) is 0 Å². The highest BCUT2D eigenvalue weighted by atomic mass is 19.1. The molecule has 28 heavy (non-hydrogen) atoms. The van der Waals surface area contributed by atoms with E-state index in [1.165, 1.54) is 18.2 Å². The lowest BCUT2D eigenvalue weighted by Crippen LogP contribution is -2.43. The van der Waals surface area contributed by atoms with Crippen LogP contribution in [0.4, 0.5) is 21.5 Å². The van der Waals surface area contributed by atoms with Gasteiger partial charge >= 0.3 is 5.97 Å². The number of fused-ring (bicyclic) bond motifs is 3. The van der Waals surface area contributed by atoms with E-state index in [0.717, 1.165) is 25.1 Å². The molecule has 0 bridgehead atoms. The molecule has 0 saturated carbocycles. The van der Waals surface area contributed by atoms with Crippen LogP contribution in [-0.2, 0) is 14.3 Å². The van der Waals surface area contributed by atoms with Gasteiger partial charge in [0.05, 0.1) is 22.6 Å². The number of hydrogen-bond donors (Lipinski definition) is 2. The number of amides is 2. The Morgan fingerprint density at radius 2 is 2.07 bits per heavy atom. The number of para-hydroxylation sites is 1. The summed E-state index contributed by atoms with van der Waals surface area (Å²) in [4.78, 5) is 38.4. The Hall–Kier alpha value is -3.42. The number of esters is 1. The Balaban J connectivity index is 1.40. The smallest absolute Gasteiger partial charge is 0.338 e. The second-order valence-corrected chi connectivity index (χ2v) is 6.68. The molecule has 0 spiro atoms. The standard InChI is InChI=1S/C20H18FN3O4/c21-13-4-1-2-5-14(13)22-18(25)11-28-20(27)12-7-8-16-15(10-12)23-19(26)17-6-3-9-24(16)17/h1-2,4-5,7-8,10,17H,3,6,9,11H2,(H,22,25)(H,23,26)/t17-/m1/s1. The minimum Gasteiger partial charge on any atom is -0.452 e. The number of hydrogen-bond acceptors (Lipinski definition) is 5. The van der Waals surface area contributed by atoms with Crippen LogP contribution >= 0.6 is 0 Å². The minimum atomic E-state index is -0.704. The van der Waals surface area contributed by atoms with Crippen LogP contribution in [0, 0.1) is 5.82 Å². The quantitative estimate of drug-likeness (QED) is 0.793. The van der Waals surface area contributed by atoms with E-state index in [-0.39, 0.29) is 23.2 Å². The van der Waals surface area contributed by atoms with Crippen LogP contribution in [0.1, 0.15) is 23.2 Å². The lowest BCUT2D eigenvalue weighted by atomic mass is 10.1. The van der Waals surface area contributed by atoms with E-state index in [1.54, 1.807) is 24.3 Å². The molecule has 0 radical (unpaired) electrons. The number of benzene rings is 2. The molecule has 2 aliphatic heterocycles. The van der Waals surface area contributed by atoms with Crippen molar-refractivity contribution in [1.29, 1.82) is 0 Å². The summed E-state index contributed by atoms with van der Waals surface area (Å²) in [6.07, 6.45) is 1.75. The van der Waals surface area contributed by atoms with Crippen molar-refractivity contribution in [2.75, 3.05) is 28.7 Å². The zero-order valence-corrected chi connectivity index (χ0v) is 14.9. The van der Waals surface area contributed by atoms with Crippen molar-refractivity contribution in [3.63, 3.8) is 0 Å². The van der Waals surface area contributed by atoms with Crippen molar-refractivity contribution in [3.05, 3.63) is 53.8 Å². The number of nitrogens with one attached hydrogen (secondary N) is 2. The van der Waals surface area contributed by atoms with Gasteiger partial charge in [0, 0.05) is 6.54 Å². The number of rotatable bonds is 4. The van der Waals surface area contributed by atoms with Gasteiger partial charge in [-0.2, -0.15) is 0 Å². The van der Waals surface area contributed by atoms with E-state index in [0.29, 0.717) is 5.69 Å². The second kappa shape index (κ2) is 7.30. The Kier molecular flexibility index (Phi) is 4.68. The molecule has 0 unspecified atom stereocenters. The lowest BCUT2D eigenvalue weighted by Gasteiger charge is -2.33. The number of halogens is 1. The van der Waals surface area contributed by atoms with Crippen molar-refractivity contribution >= 4 is 34.8 Å². The summed E-state index contributed by atoms with van der Waals surface area (Å²) in [7, 11) is 0. The third-order valence-corrected chi connectivity index (χ3v) is 4.84. The average molecular weight is 383 g/mol. The zero-order valence-electron chi connectivity index (χ0n) is 14.9. The first-order valence-electron chi connectivity index (χ1n) is 8.96. The van der Waals surface area contributed by atoms with Crippen molar-refractivity contribution in [2.45, 2.75) is 18.9 Å². The predicted octanol–water partition coefficient (Wildman–Crippen LogP) is 2.54. The molecular formula is C20H18FN3O4. The molecule has 1 fully saturated rings. The molecule has 2 aromatic rings. The first kappa shape index (κ1) is 18.0. The fourth-order valence-corrected chi connectivity index (χ4v) is 3.52. The number of anilines is 3. The van der Waals surface area contributed by atoms with E-state index in [9.17, 15) is 18.8 Å². The van der Waals surface area contributed by atoms with Gasteiger partial charge in [-0.1, -0.05) is 12.1 Å². The van der Waals surface area contributed by atoms with Crippen molar-refractivity contribution < 1.29 is 23.5 Å².